The van der Waals surface area contributed by atoms with E-state index in [1.54, 1.807) is 0 Å². The minimum Gasteiger partial charge on any atom is -0.340 e. The zero-order valence-corrected chi connectivity index (χ0v) is 13.6. The van der Waals surface area contributed by atoms with Gasteiger partial charge in [-0.1, -0.05) is 6.08 Å². The van der Waals surface area contributed by atoms with Crippen LogP contribution in [0.3, 0.4) is 0 Å². The third kappa shape index (κ3) is 3.55. The summed E-state index contributed by atoms with van der Waals surface area (Å²) < 4.78 is 1.96. The number of rotatable bonds is 5. The standard InChI is InChI=1S/C17H27N3O/c1-5-11-20-15(4)16(14(3)18-20)9-10-17(21)19-12-7-6-8-13(19)2/h5,13H,1,6-12H2,2-4H3/t13-/m0/s1. The lowest BCUT2D eigenvalue weighted by molar-refractivity contribution is -0.134. The highest BCUT2D eigenvalue weighted by molar-refractivity contribution is 5.77. The zero-order valence-electron chi connectivity index (χ0n) is 13.6. The van der Waals surface area contributed by atoms with Gasteiger partial charge in [0, 0.05) is 24.7 Å². The molecule has 21 heavy (non-hydrogen) atoms. The summed E-state index contributed by atoms with van der Waals surface area (Å²) in [7, 11) is 0. The molecule has 1 atom stereocenters. The maximum Gasteiger partial charge on any atom is 0.223 e. The quantitative estimate of drug-likeness (QED) is 0.782. The van der Waals surface area contributed by atoms with E-state index in [1.807, 2.05) is 17.7 Å². The molecule has 1 aliphatic rings. The van der Waals surface area contributed by atoms with Crippen LogP contribution >= 0.6 is 0 Å². The van der Waals surface area contributed by atoms with Crippen molar-refractivity contribution >= 4 is 5.91 Å². The number of aryl methyl sites for hydroxylation is 1. The lowest BCUT2D eigenvalue weighted by atomic mass is 10.0. The van der Waals surface area contributed by atoms with Crippen LogP contribution in [-0.4, -0.2) is 33.2 Å². The van der Waals surface area contributed by atoms with Crippen molar-refractivity contribution in [3.63, 3.8) is 0 Å². The van der Waals surface area contributed by atoms with Gasteiger partial charge in [-0.2, -0.15) is 5.10 Å². The van der Waals surface area contributed by atoms with Gasteiger partial charge in [-0.05, 0) is 52.0 Å². The minimum atomic E-state index is 0.289. The molecular formula is C17H27N3O. The Morgan fingerprint density at radius 1 is 1.43 bits per heavy atom. The molecule has 116 valence electrons. The van der Waals surface area contributed by atoms with E-state index in [1.165, 1.54) is 12.0 Å². The number of piperidine rings is 1. The van der Waals surface area contributed by atoms with E-state index in [-0.39, 0.29) is 5.91 Å². The Kier molecular flexibility index (Phi) is 5.21. The van der Waals surface area contributed by atoms with Gasteiger partial charge in [-0.25, -0.2) is 0 Å². The van der Waals surface area contributed by atoms with E-state index in [0.29, 0.717) is 12.5 Å². The minimum absolute atomic E-state index is 0.289. The van der Waals surface area contributed by atoms with E-state index in [0.717, 1.165) is 43.7 Å². The van der Waals surface area contributed by atoms with E-state index in [9.17, 15) is 4.79 Å². The lowest BCUT2D eigenvalue weighted by Crippen LogP contribution is -2.42. The fourth-order valence-electron chi connectivity index (χ4n) is 3.24. The summed E-state index contributed by atoms with van der Waals surface area (Å²) in [4.78, 5) is 14.5. The molecular weight excluding hydrogens is 262 g/mol. The molecule has 1 fully saturated rings. The van der Waals surface area contributed by atoms with Gasteiger partial charge in [0.15, 0.2) is 0 Å². The van der Waals surface area contributed by atoms with E-state index in [4.69, 9.17) is 0 Å². The van der Waals surface area contributed by atoms with Gasteiger partial charge < -0.3 is 4.90 Å². The Bertz CT molecular complexity index is 518. The topological polar surface area (TPSA) is 38.1 Å². The van der Waals surface area contributed by atoms with Gasteiger partial charge in [0.25, 0.3) is 0 Å². The summed E-state index contributed by atoms with van der Waals surface area (Å²) in [5.74, 6) is 0.289. The molecule has 2 heterocycles. The molecule has 2 rings (SSSR count). The van der Waals surface area contributed by atoms with Gasteiger partial charge in [-0.3, -0.25) is 9.48 Å². The second kappa shape index (κ2) is 6.92. The summed E-state index contributed by atoms with van der Waals surface area (Å²) in [6, 6.07) is 0.400. The fourth-order valence-corrected chi connectivity index (χ4v) is 3.24. The first-order chi connectivity index (χ1) is 10.0. The molecule has 0 N–H and O–H groups in total. The number of nitrogens with zero attached hydrogens (tertiary/aromatic N) is 3. The van der Waals surface area contributed by atoms with Crippen LogP contribution in [0, 0.1) is 13.8 Å². The first kappa shape index (κ1) is 15.8. The second-order valence-electron chi connectivity index (χ2n) is 6.05. The number of hydrogen-bond acceptors (Lipinski definition) is 2. The van der Waals surface area contributed by atoms with Gasteiger partial charge in [0.1, 0.15) is 0 Å². The summed E-state index contributed by atoms with van der Waals surface area (Å²) in [6.45, 7) is 11.7. The van der Waals surface area contributed by atoms with Crippen LogP contribution < -0.4 is 0 Å². The average Bonchev–Trinajstić information content (AvgIpc) is 2.72. The monoisotopic (exact) mass is 289 g/mol. The predicted octanol–water partition coefficient (Wildman–Crippen LogP) is 3.02. The van der Waals surface area contributed by atoms with Gasteiger partial charge >= 0.3 is 0 Å². The largest absolute Gasteiger partial charge is 0.340 e. The maximum absolute atomic E-state index is 12.4. The number of aromatic nitrogens is 2. The normalized spacial score (nSPS) is 18.8. The highest BCUT2D eigenvalue weighted by Gasteiger charge is 2.23. The van der Waals surface area contributed by atoms with Crippen LogP contribution in [0.1, 0.15) is 49.6 Å². The summed E-state index contributed by atoms with van der Waals surface area (Å²) >= 11 is 0. The Labute approximate surface area is 127 Å². The van der Waals surface area contributed by atoms with Crippen LogP contribution in [0.4, 0.5) is 0 Å². The van der Waals surface area contributed by atoms with Crippen LogP contribution in [0.5, 0.6) is 0 Å². The molecule has 4 heteroatoms. The Hall–Kier alpha value is -1.58. The predicted molar refractivity (Wildman–Crippen MR) is 85.2 cm³/mol. The van der Waals surface area contributed by atoms with Crippen molar-refractivity contribution in [1.29, 1.82) is 0 Å². The number of carbonyl (C=O) groups excluding carboxylic acids is 1. The molecule has 0 radical (unpaired) electrons. The molecule has 1 saturated heterocycles. The summed E-state index contributed by atoms with van der Waals surface area (Å²) in [6.07, 6.45) is 6.76. The molecule has 0 aromatic carbocycles. The first-order valence-corrected chi connectivity index (χ1v) is 7.97. The van der Waals surface area contributed by atoms with Gasteiger partial charge in [-0.15, -0.1) is 6.58 Å². The summed E-state index contributed by atoms with van der Waals surface area (Å²) in [5.41, 5.74) is 3.41. The fraction of sp³-hybridized carbons (Fsp3) is 0.647. The van der Waals surface area contributed by atoms with Crippen LogP contribution in [0.25, 0.3) is 0 Å². The Morgan fingerprint density at radius 3 is 2.86 bits per heavy atom. The van der Waals surface area contributed by atoms with Crippen molar-refractivity contribution in [2.45, 2.75) is 65.5 Å². The van der Waals surface area contributed by atoms with Crippen LogP contribution in [0.15, 0.2) is 12.7 Å². The molecule has 4 nitrogen and oxygen atoms in total. The number of allylic oxidation sites excluding steroid dienone is 1. The van der Waals surface area contributed by atoms with Crippen LogP contribution in [-0.2, 0) is 17.8 Å². The molecule has 0 saturated carbocycles. The lowest BCUT2D eigenvalue weighted by Gasteiger charge is -2.33. The van der Waals surface area contributed by atoms with E-state index in [2.05, 4.69) is 30.4 Å². The molecule has 1 aromatic rings. The number of hydrogen-bond donors (Lipinski definition) is 0. The SMILES string of the molecule is C=CCn1nc(C)c(CCC(=O)N2CCCC[C@@H]2C)c1C. The zero-order chi connectivity index (χ0) is 15.4. The number of carbonyl (C=O) groups is 1. The molecule has 1 amide bonds. The molecule has 0 bridgehead atoms. The van der Waals surface area contributed by atoms with Gasteiger partial charge in [0.2, 0.25) is 5.91 Å². The van der Waals surface area contributed by atoms with Gasteiger partial charge in [0.05, 0.1) is 12.2 Å². The molecule has 0 spiro atoms. The first-order valence-electron chi connectivity index (χ1n) is 7.97. The molecule has 0 unspecified atom stereocenters. The molecule has 0 aliphatic carbocycles. The second-order valence-corrected chi connectivity index (χ2v) is 6.05. The summed E-state index contributed by atoms with van der Waals surface area (Å²) in [5, 5.41) is 4.53. The van der Waals surface area contributed by atoms with E-state index >= 15 is 0 Å². The van der Waals surface area contributed by atoms with Crippen molar-refractivity contribution in [3.05, 3.63) is 29.6 Å². The highest BCUT2D eigenvalue weighted by Crippen LogP contribution is 2.20. The van der Waals surface area contributed by atoms with Crippen molar-refractivity contribution in [3.8, 4) is 0 Å². The third-order valence-electron chi connectivity index (χ3n) is 4.55. The number of amides is 1. The average molecular weight is 289 g/mol. The van der Waals surface area contributed by atoms with Crippen molar-refractivity contribution in [2.75, 3.05) is 6.54 Å². The Balaban J connectivity index is 1.99. The number of likely N-dealkylation sites (tertiary alicyclic amines) is 1. The highest BCUT2D eigenvalue weighted by atomic mass is 16.2. The van der Waals surface area contributed by atoms with Crippen molar-refractivity contribution in [2.24, 2.45) is 0 Å². The van der Waals surface area contributed by atoms with Crippen LogP contribution in [0.2, 0.25) is 0 Å². The Morgan fingerprint density at radius 2 is 2.19 bits per heavy atom. The van der Waals surface area contributed by atoms with E-state index < -0.39 is 0 Å². The van der Waals surface area contributed by atoms with Crippen molar-refractivity contribution in [1.82, 2.24) is 14.7 Å². The molecule has 1 aromatic heterocycles. The maximum atomic E-state index is 12.4. The third-order valence-corrected chi connectivity index (χ3v) is 4.55. The smallest absolute Gasteiger partial charge is 0.223 e. The van der Waals surface area contributed by atoms with Crippen molar-refractivity contribution < 1.29 is 4.79 Å². The molecule has 1 aliphatic heterocycles.